The Kier molecular flexibility index (Phi) is 10.5. The minimum atomic E-state index is -0.525. The van der Waals surface area contributed by atoms with Gasteiger partial charge >= 0.3 is 5.97 Å². The molecule has 2 atom stereocenters. The summed E-state index contributed by atoms with van der Waals surface area (Å²) < 4.78 is 4.73. The van der Waals surface area contributed by atoms with Gasteiger partial charge < -0.3 is 10.1 Å². The fourth-order valence-electron chi connectivity index (χ4n) is 3.89. The van der Waals surface area contributed by atoms with E-state index in [1.165, 1.54) is 7.11 Å². The summed E-state index contributed by atoms with van der Waals surface area (Å²) in [4.78, 5) is 24.6. The van der Waals surface area contributed by atoms with Crippen LogP contribution in [0.3, 0.4) is 0 Å². The second-order valence-electron chi connectivity index (χ2n) is 10.6. The lowest BCUT2D eigenvalue weighted by molar-refractivity contribution is -0.130. The smallest absolute Gasteiger partial charge is 0.337 e. The lowest BCUT2D eigenvalue weighted by atomic mass is 9.76. The highest BCUT2D eigenvalue weighted by atomic mass is 32.2. The predicted molar refractivity (Wildman–Crippen MR) is 136 cm³/mol. The summed E-state index contributed by atoms with van der Waals surface area (Å²) in [6.45, 7) is 15.9. The molecule has 0 saturated carbocycles. The number of benzene rings is 1. The molecule has 0 spiro atoms. The molecule has 31 heavy (non-hydrogen) atoms. The van der Waals surface area contributed by atoms with Crippen molar-refractivity contribution in [2.45, 2.75) is 72.3 Å². The standard InChI is InChI=1S/C25H41NO3S2/c1-9-25(7,22(28)26-17-24(5,6)16-23(2,3)4)20(30)15-31-14-18-10-12-19(13-11-18)21(27)29-8/h10-13,20,30H,9,14-17H2,1-8H3,(H,26,28)/t20?,25-/m1/s1. The maximum absolute atomic E-state index is 13.1. The lowest BCUT2D eigenvalue weighted by Gasteiger charge is -2.36. The number of rotatable bonds is 11. The predicted octanol–water partition coefficient (Wildman–Crippen LogP) is 6.00. The summed E-state index contributed by atoms with van der Waals surface area (Å²) >= 11 is 6.58. The van der Waals surface area contributed by atoms with Gasteiger partial charge in [0.15, 0.2) is 0 Å². The van der Waals surface area contributed by atoms with E-state index in [2.05, 4.69) is 46.9 Å². The zero-order valence-electron chi connectivity index (χ0n) is 20.5. The van der Waals surface area contributed by atoms with Crippen LogP contribution in [0.15, 0.2) is 24.3 Å². The van der Waals surface area contributed by atoms with Gasteiger partial charge in [-0.25, -0.2) is 4.79 Å². The first-order chi connectivity index (χ1) is 14.2. The first kappa shape index (κ1) is 27.9. The number of methoxy groups -OCH3 is 1. The summed E-state index contributed by atoms with van der Waals surface area (Å²) in [6, 6.07) is 7.44. The number of carbonyl (C=O) groups is 2. The molecule has 1 amide bonds. The van der Waals surface area contributed by atoms with E-state index in [0.717, 1.165) is 29.9 Å². The van der Waals surface area contributed by atoms with Gasteiger partial charge in [0.05, 0.1) is 18.1 Å². The molecule has 0 radical (unpaired) electrons. The fraction of sp³-hybridized carbons (Fsp3) is 0.680. The van der Waals surface area contributed by atoms with E-state index in [1.54, 1.807) is 23.9 Å². The molecule has 0 aromatic heterocycles. The van der Waals surface area contributed by atoms with Gasteiger partial charge in [-0.15, -0.1) is 0 Å². The normalized spacial score (nSPS) is 15.1. The molecule has 0 aliphatic rings. The lowest BCUT2D eigenvalue weighted by Crippen LogP contribution is -2.48. The Bertz CT molecular complexity index is 725. The van der Waals surface area contributed by atoms with Crippen molar-refractivity contribution in [3.05, 3.63) is 35.4 Å². The molecule has 4 nitrogen and oxygen atoms in total. The van der Waals surface area contributed by atoms with Crippen LogP contribution >= 0.6 is 24.4 Å². The molecule has 1 aromatic rings. The Labute approximate surface area is 199 Å². The fourth-order valence-corrected chi connectivity index (χ4v) is 5.65. The van der Waals surface area contributed by atoms with E-state index in [1.807, 2.05) is 19.1 Å². The molecule has 0 saturated heterocycles. The number of hydrogen-bond acceptors (Lipinski definition) is 5. The zero-order chi connectivity index (χ0) is 23.9. The number of hydrogen-bond donors (Lipinski definition) is 2. The first-order valence-electron chi connectivity index (χ1n) is 11.0. The second-order valence-corrected chi connectivity index (χ2v) is 12.2. The van der Waals surface area contributed by atoms with Crippen molar-refractivity contribution in [1.29, 1.82) is 0 Å². The third-order valence-electron chi connectivity index (χ3n) is 5.64. The highest BCUT2D eigenvalue weighted by Crippen LogP contribution is 2.35. The first-order valence-corrected chi connectivity index (χ1v) is 12.6. The van der Waals surface area contributed by atoms with Crippen molar-refractivity contribution in [3.63, 3.8) is 0 Å². The largest absolute Gasteiger partial charge is 0.465 e. The molecule has 176 valence electrons. The average Bonchev–Trinajstić information content (AvgIpc) is 2.69. The third kappa shape index (κ3) is 9.09. The number of ether oxygens (including phenoxy) is 1. The van der Waals surface area contributed by atoms with Crippen molar-refractivity contribution in [3.8, 4) is 0 Å². The number of thiol groups is 1. The van der Waals surface area contributed by atoms with Gasteiger partial charge in [0, 0.05) is 23.3 Å². The van der Waals surface area contributed by atoms with Crippen molar-refractivity contribution < 1.29 is 14.3 Å². The second kappa shape index (κ2) is 11.6. The summed E-state index contributed by atoms with van der Waals surface area (Å²) in [5.41, 5.74) is 1.42. The van der Waals surface area contributed by atoms with E-state index in [4.69, 9.17) is 17.4 Å². The molecule has 0 aliphatic carbocycles. The van der Waals surface area contributed by atoms with Gasteiger partial charge in [0.2, 0.25) is 5.91 Å². The Morgan fingerprint density at radius 2 is 1.68 bits per heavy atom. The molecule has 1 unspecified atom stereocenters. The average molecular weight is 468 g/mol. The molecule has 0 fully saturated rings. The van der Waals surface area contributed by atoms with Crippen molar-refractivity contribution in [1.82, 2.24) is 5.32 Å². The van der Waals surface area contributed by atoms with Gasteiger partial charge in [-0.3, -0.25) is 4.79 Å². The Morgan fingerprint density at radius 3 is 2.16 bits per heavy atom. The van der Waals surface area contributed by atoms with Crippen LogP contribution in [0.2, 0.25) is 0 Å². The molecular formula is C25H41NO3S2. The van der Waals surface area contributed by atoms with E-state index < -0.39 is 5.41 Å². The Balaban J connectivity index is 2.62. The number of nitrogens with one attached hydrogen (secondary N) is 1. The summed E-state index contributed by atoms with van der Waals surface area (Å²) in [6.07, 6.45) is 1.78. The maximum atomic E-state index is 13.1. The molecule has 0 aliphatic heterocycles. The molecule has 1 aromatic carbocycles. The van der Waals surface area contributed by atoms with Crippen LogP contribution < -0.4 is 5.32 Å². The topological polar surface area (TPSA) is 55.4 Å². The zero-order valence-corrected chi connectivity index (χ0v) is 22.2. The molecule has 1 N–H and O–H groups in total. The highest BCUT2D eigenvalue weighted by Gasteiger charge is 2.38. The summed E-state index contributed by atoms with van der Waals surface area (Å²) in [5.74, 6) is 1.33. The Morgan fingerprint density at radius 1 is 1.10 bits per heavy atom. The van der Waals surface area contributed by atoms with Gasteiger partial charge in [0.1, 0.15) is 0 Å². The molecule has 0 bridgehead atoms. The molecule has 6 heteroatoms. The van der Waals surface area contributed by atoms with E-state index in [-0.39, 0.29) is 28.0 Å². The molecule has 1 rings (SSSR count). The van der Waals surface area contributed by atoms with Crippen LogP contribution in [0.4, 0.5) is 0 Å². The van der Waals surface area contributed by atoms with Gasteiger partial charge in [-0.05, 0) is 48.3 Å². The van der Waals surface area contributed by atoms with Crippen LogP contribution in [0.25, 0.3) is 0 Å². The highest BCUT2D eigenvalue weighted by molar-refractivity contribution is 7.99. The number of thioether (sulfide) groups is 1. The van der Waals surface area contributed by atoms with Gasteiger partial charge in [0.25, 0.3) is 0 Å². The number of carbonyl (C=O) groups excluding carboxylic acids is 2. The minimum absolute atomic E-state index is 0.0414. The molecule has 0 heterocycles. The van der Waals surface area contributed by atoms with Crippen molar-refractivity contribution in [2.75, 3.05) is 19.4 Å². The van der Waals surface area contributed by atoms with Gasteiger partial charge in [-0.1, -0.05) is 53.7 Å². The van der Waals surface area contributed by atoms with E-state index >= 15 is 0 Å². The van der Waals surface area contributed by atoms with Crippen LogP contribution in [0.5, 0.6) is 0 Å². The summed E-state index contributed by atoms with van der Waals surface area (Å²) in [7, 11) is 1.38. The van der Waals surface area contributed by atoms with E-state index in [9.17, 15) is 9.59 Å². The summed E-state index contributed by atoms with van der Waals surface area (Å²) in [5, 5.41) is 3.15. The van der Waals surface area contributed by atoms with Crippen LogP contribution in [0, 0.1) is 16.2 Å². The van der Waals surface area contributed by atoms with Gasteiger partial charge in [-0.2, -0.15) is 24.4 Å². The number of esters is 1. The third-order valence-corrected chi connectivity index (χ3v) is 7.75. The van der Waals surface area contributed by atoms with Crippen LogP contribution in [0.1, 0.15) is 77.2 Å². The van der Waals surface area contributed by atoms with E-state index in [0.29, 0.717) is 12.1 Å². The molecular weight excluding hydrogens is 426 g/mol. The van der Waals surface area contributed by atoms with Crippen molar-refractivity contribution >= 4 is 36.3 Å². The van der Waals surface area contributed by atoms with Crippen LogP contribution in [-0.2, 0) is 15.3 Å². The number of amides is 1. The Hall–Kier alpha value is -1.14. The SMILES string of the molecule is CC[C@@](C)(C(=O)NCC(C)(C)CC(C)(C)C)C(S)CSCc1ccc(C(=O)OC)cc1. The van der Waals surface area contributed by atoms with Crippen molar-refractivity contribution in [2.24, 2.45) is 16.2 Å². The minimum Gasteiger partial charge on any atom is -0.465 e. The quantitative estimate of drug-likeness (QED) is 0.310. The maximum Gasteiger partial charge on any atom is 0.337 e. The van der Waals surface area contributed by atoms with Crippen LogP contribution in [-0.4, -0.2) is 36.5 Å². The monoisotopic (exact) mass is 467 g/mol.